The maximum atomic E-state index is 12.7. The van der Waals surface area contributed by atoms with E-state index in [0.717, 1.165) is 18.1 Å². The van der Waals surface area contributed by atoms with Gasteiger partial charge in [0.25, 0.3) is 0 Å². The molecule has 0 aliphatic carbocycles. The SMILES string of the molecule is CC[Si](CC)(CC)O[C@H]1C(C)C(CO)OC(CCS(=O)(=O)c2ccccc2)C1C. The molecular weight excluding hydrogens is 404 g/mol. The molecule has 0 amide bonds. The normalized spacial score (nSPS) is 28.4. The summed E-state index contributed by atoms with van der Waals surface area (Å²) in [5, 5.41) is 9.87. The van der Waals surface area contributed by atoms with Gasteiger partial charge in [0, 0.05) is 11.8 Å². The summed E-state index contributed by atoms with van der Waals surface area (Å²) in [4.78, 5) is 0.345. The van der Waals surface area contributed by atoms with Crippen LogP contribution in [-0.4, -0.2) is 52.5 Å². The molecule has 1 aromatic rings. The molecule has 1 heterocycles. The van der Waals surface area contributed by atoms with Gasteiger partial charge in [0.2, 0.25) is 0 Å². The van der Waals surface area contributed by atoms with Crippen molar-refractivity contribution in [1.29, 1.82) is 0 Å². The van der Waals surface area contributed by atoms with Gasteiger partial charge in [-0.05, 0) is 36.7 Å². The van der Waals surface area contributed by atoms with E-state index in [-0.39, 0.29) is 42.5 Å². The van der Waals surface area contributed by atoms with Gasteiger partial charge in [-0.3, -0.25) is 0 Å². The van der Waals surface area contributed by atoms with E-state index in [0.29, 0.717) is 11.3 Å². The lowest BCUT2D eigenvalue weighted by Crippen LogP contribution is -2.55. The van der Waals surface area contributed by atoms with E-state index in [4.69, 9.17) is 9.16 Å². The quantitative estimate of drug-likeness (QED) is 0.548. The van der Waals surface area contributed by atoms with Gasteiger partial charge < -0.3 is 14.3 Å². The maximum absolute atomic E-state index is 12.7. The third-order valence-electron chi connectivity index (χ3n) is 6.83. The number of aliphatic hydroxyl groups excluding tert-OH is 1. The predicted molar refractivity (Wildman–Crippen MR) is 119 cm³/mol. The second kappa shape index (κ2) is 10.5. The first-order valence-electron chi connectivity index (χ1n) is 11.0. The van der Waals surface area contributed by atoms with Crippen molar-refractivity contribution >= 4 is 18.2 Å². The number of hydrogen-bond donors (Lipinski definition) is 1. The molecule has 0 radical (unpaired) electrons. The molecule has 1 aliphatic heterocycles. The summed E-state index contributed by atoms with van der Waals surface area (Å²) in [7, 11) is -5.19. The number of benzene rings is 1. The van der Waals surface area contributed by atoms with Gasteiger partial charge in [0.15, 0.2) is 18.2 Å². The molecule has 2 rings (SSSR count). The molecule has 5 nitrogen and oxygen atoms in total. The highest BCUT2D eigenvalue weighted by Gasteiger charge is 2.45. The Kier molecular flexibility index (Phi) is 8.91. The highest BCUT2D eigenvalue weighted by Crippen LogP contribution is 2.38. The first-order valence-corrected chi connectivity index (χ1v) is 15.1. The maximum Gasteiger partial charge on any atom is 0.192 e. The van der Waals surface area contributed by atoms with E-state index >= 15 is 0 Å². The molecule has 1 N–H and O–H groups in total. The van der Waals surface area contributed by atoms with Crippen LogP contribution in [0, 0.1) is 11.8 Å². The molecule has 1 saturated heterocycles. The predicted octanol–water partition coefficient (Wildman–Crippen LogP) is 4.27. The minimum atomic E-state index is -3.36. The van der Waals surface area contributed by atoms with Crippen molar-refractivity contribution in [3.05, 3.63) is 30.3 Å². The molecule has 0 spiro atoms. The van der Waals surface area contributed by atoms with Crippen molar-refractivity contribution < 1.29 is 22.7 Å². The van der Waals surface area contributed by atoms with Gasteiger partial charge in [0.1, 0.15) is 0 Å². The van der Waals surface area contributed by atoms with Crippen LogP contribution in [0.1, 0.15) is 41.0 Å². The van der Waals surface area contributed by atoms with Crippen LogP contribution in [0.4, 0.5) is 0 Å². The van der Waals surface area contributed by atoms with E-state index in [2.05, 4.69) is 34.6 Å². The van der Waals surface area contributed by atoms with Gasteiger partial charge in [-0.25, -0.2) is 8.42 Å². The molecule has 0 bridgehead atoms. The summed E-state index contributed by atoms with van der Waals surface area (Å²) < 4.78 is 38.4. The first-order chi connectivity index (χ1) is 13.7. The van der Waals surface area contributed by atoms with Crippen molar-refractivity contribution in [2.45, 2.75) is 82.4 Å². The molecule has 29 heavy (non-hydrogen) atoms. The van der Waals surface area contributed by atoms with Crippen LogP contribution in [0.15, 0.2) is 35.2 Å². The molecule has 7 heteroatoms. The first kappa shape index (κ1) is 24.5. The monoisotopic (exact) mass is 442 g/mol. The Hall–Kier alpha value is -0.733. The highest BCUT2D eigenvalue weighted by molar-refractivity contribution is 7.91. The molecule has 0 aromatic heterocycles. The fraction of sp³-hybridized carbons (Fsp3) is 0.727. The second-order valence-electron chi connectivity index (χ2n) is 8.36. The molecule has 1 aliphatic rings. The van der Waals surface area contributed by atoms with Crippen LogP contribution < -0.4 is 0 Å². The zero-order valence-electron chi connectivity index (χ0n) is 18.5. The molecule has 5 atom stereocenters. The van der Waals surface area contributed by atoms with Crippen LogP contribution in [-0.2, 0) is 19.0 Å². The fourth-order valence-electron chi connectivity index (χ4n) is 4.43. The summed E-state index contributed by atoms with van der Waals surface area (Å²) in [6.45, 7) is 10.7. The molecule has 1 aromatic carbocycles. The standard InChI is InChI=1S/C22H38O5SSi/c1-6-29(7-2,8-3)27-22-17(4)20(26-21(16-23)18(22)5)14-15-28(24,25)19-12-10-9-11-13-19/h9-13,17-18,20-23H,6-8,14-16H2,1-5H3/t17?,18?,20?,21?,22-/m1/s1. The lowest BCUT2D eigenvalue weighted by Gasteiger charge is -2.48. The van der Waals surface area contributed by atoms with Crippen molar-refractivity contribution in [2.75, 3.05) is 12.4 Å². The number of hydrogen-bond acceptors (Lipinski definition) is 5. The van der Waals surface area contributed by atoms with Crippen LogP contribution >= 0.6 is 0 Å². The summed E-state index contributed by atoms with van der Waals surface area (Å²) in [6.07, 6.45) is -0.181. The molecule has 1 fully saturated rings. The van der Waals surface area contributed by atoms with Crippen molar-refractivity contribution in [3.63, 3.8) is 0 Å². The van der Waals surface area contributed by atoms with Crippen molar-refractivity contribution in [2.24, 2.45) is 11.8 Å². The smallest absolute Gasteiger partial charge is 0.192 e. The molecule has 166 valence electrons. The minimum Gasteiger partial charge on any atom is -0.413 e. The van der Waals surface area contributed by atoms with E-state index in [1.807, 2.05) is 6.07 Å². The topological polar surface area (TPSA) is 72.8 Å². The van der Waals surface area contributed by atoms with Crippen LogP contribution in [0.3, 0.4) is 0 Å². The highest BCUT2D eigenvalue weighted by atomic mass is 32.2. The Labute approximate surface area is 177 Å². The van der Waals surface area contributed by atoms with Crippen LogP contribution in [0.5, 0.6) is 0 Å². The average molecular weight is 443 g/mol. The van der Waals surface area contributed by atoms with Crippen molar-refractivity contribution in [1.82, 2.24) is 0 Å². The Bertz CT molecular complexity index is 712. The van der Waals surface area contributed by atoms with Gasteiger partial charge >= 0.3 is 0 Å². The Morgan fingerprint density at radius 2 is 1.55 bits per heavy atom. The summed E-state index contributed by atoms with van der Waals surface area (Å²) in [5.74, 6) is 0.187. The third-order valence-corrected chi connectivity index (χ3v) is 13.2. The van der Waals surface area contributed by atoms with Crippen LogP contribution in [0.2, 0.25) is 18.1 Å². The zero-order chi connectivity index (χ0) is 21.7. The Morgan fingerprint density at radius 1 is 1.00 bits per heavy atom. The third kappa shape index (κ3) is 5.70. The number of ether oxygens (including phenoxy) is 1. The average Bonchev–Trinajstić information content (AvgIpc) is 2.74. The van der Waals surface area contributed by atoms with Gasteiger partial charge in [-0.2, -0.15) is 0 Å². The van der Waals surface area contributed by atoms with E-state index in [1.165, 1.54) is 0 Å². The largest absolute Gasteiger partial charge is 0.413 e. The van der Waals surface area contributed by atoms with E-state index < -0.39 is 18.2 Å². The number of sulfone groups is 1. The fourth-order valence-corrected chi connectivity index (χ4v) is 8.79. The lowest BCUT2D eigenvalue weighted by molar-refractivity contribution is -0.170. The zero-order valence-corrected chi connectivity index (χ0v) is 20.3. The van der Waals surface area contributed by atoms with Gasteiger partial charge in [0.05, 0.1) is 35.6 Å². The number of rotatable bonds is 10. The summed E-state index contributed by atoms with van der Waals surface area (Å²) in [6, 6.07) is 11.7. The molecular formula is C22H38O5SSi. The number of aliphatic hydroxyl groups is 1. The van der Waals surface area contributed by atoms with Crippen molar-refractivity contribution in [3.8, 4) is 0 Å². The summed E-state index contributed by atoms with van der Waals surface area (Å²) >= 11 is 0. The minimum absolute atomic E-state index is 0.0168. The Balaban J connectivity index is 2.17. The van der Waals surface area contributed by atoms with Gasteiger partial charge in [-0.1, -0.05) is 52.8 Å². The van der Waals surface area contributed by atoms with E-state index in [1.54, 1.807) is 24.3 Å². The molecule has 0 saturated carbocycles. The van der Waals surface area contributed by atoms with E-state index in [9.17, 15) is 13.5 Å². The van der Waals surface area contributed by atoms with Gasteiger partial charge in [-0.15, -0.1) is 0 Å². The lowest BCUT2D eigenvalue weighted by atomic mass is 9.82. The second-order valence-corrected chi connectivity index (χ2v) is 15.2. The molecule has 4 unspecified atom stereocenters. The summed E-state index contributed by atoms with van der Waals surface area (Å²) in [5.41, 5.74) is 0. The van der Waals surface area contributed by atoms with Crippen LogP contribution in [0.25, 0.3) is 0 Å². The Morgan fingerprint density at radius 3 is 2.07 bits per heavy atom.